The van der Waals surface area contributed by atoms with Crippen molar-refractivity contribution < 1.29 is 4.74 Å². The zero-order chi connectivity index (χ0) is 15.6. The molecule has 2 aromatic rings. The van der Waals surface area contributed by atoms with Crippen molar-refractivity contribution in [1.29, 1.82) is 0 Å². The van der Waals surface area contributed by atoms with Crippen LogP contribution in [0.1, 0.15) is 35.3 Å². The van der Waals surface area contributed by atoms with E-state index < -0.39 is 0 Å². The second-order valence-corrected chi connectivity index (χ2v) is 6.03. The number of hydrogen-bond acceptors (Lipinski definition) is 2. The van der Waals surface area contributed by atoms with Crippen molar-refractivity contribution in [2.75, 3.05) is 0 Å². The van der Waals surface area contributed by atoms with E-state index in [1.54, 1.807) is 0 Å². The molecular weight excluding hydrogens is 282 g/mol. The van der Waals surface area contributed by atoms with E-state index >= 15 is 0 Å². The van der Waals surface area contributed by atoms with Gasteiger partial charge in [-0.05, 0) is 56.5 Å². The number of benzene rings is 2. The topological polar surface area (TPSA) is 35.2 Å². The van der Waals surface area contributed by atoms with E-state index in [-0.39, 0.29) is 12.1 Å². The van der Waals surface area contributed by atoms with Crippen LogP contribution in [0.2, 0.25) is 5.02 Å². The predicted octanol–water partition coefficient (Wildman–Crippen LogP) is 4.73. The smallest absolute Gasteiger partial charge is 0.140 e. The summed E-state index contributed by atoms with van der Waals surface area (Å²) in [6.07, 6.45) is -0.265. The van der Waals surface area contributed by atoms with Crippen molar-refractivity contribution in [2.24, 2.45) is 5.73 Å². The Kier molecular flexibility index (Phi) is 4.92. The zero-order valence-electron chi connectivity index (χ0n) is 13.0. The van der Waals surface area contributed by atoms with Gasteiger partial charge in [-0.2, -0.15) is 0 Å². The second kappa shape index (κ2) is 6.50. The first-order valence-electron chi connectivity index (χ1n) is 7.14. The molecule has 0 heterocycles. The summed E-state index contributed by atoms with van der Waals surface area (Å²) in [6, 6.07) is 11.7. The lowest BCUT2D eigenvalue weighted by molar-refractivity contribution is 0.179. The molecule has 0 spiro atoms. The first-order valence-corrected chi connectivity index (χ1v) is 7.52. The monoisotopic (exact) mass is 303 g/mol. The Morgan fingerprint density at radius 1 is 1.10 bits per heavy atom. The van der Waals surface area contributed by atoms with E-state index in [1.165, 1.54) is 11.1 Å². The van der Waals surface area contributed by atoms with Gasteiger partial charge < -0.3 is 10.5 Å². The van der Waals surface area contributed by atoms with Crippen LogP contribution in [0, 0.1) is 20.8 Å². The quantitative estimate of drug-likeness (QED) is 0.886. The summed E-state index contributed by atoms with van der Waals surface area (Å²) >= 11 is 6.30. The van der Waals surface area contributed by atoms with Crippen molar-refractivity contribution in [3.8, 4) is 5.75 Å². The van der Waals surface area contributed by atoms with Crippen LogP contribution >= 0.6 is 11.6 Å². The highest BCUT2D eigenvalue weighted by molar-refractivity contribution is 6.31. The maximum absolute atomic E-state index is 6.30. The third kappa shape index (κ3) is 3.58. The zero-order valence-corrected chi connectivity index (χ0v) is 13.7. The van der Waals surface area contributed by atoms with Crippen LogP contribution < -0.4 is 10.5 Å². The normalized spacial score (nSPS) is 13.8. The van der Waals surface area contributed by atoms with Gasteiger partial charge in [0, 0.05) is 16.6 Å². The van der Waals surface area contributed by atoms with Gasteiger partial charge in [-0.15, -0.1) is 0 Å². The summed E-state index contributed by atoms with van der Waals surface area (Å²) in [5.74, 6) is 0.870. The maximum Gasteiger partial charge on any atom is 0.140 e. The Labute approximate surface area is 131 Å². The minimum Gasteiger partial charge on any atom is -0.484 e. The van der Waals surface area contributed by atoms with Gasteiger partial charge in [-0.3, -0.25) is 0 Å². The van der Waals surface area contributed by atoms with Crippen molar-refractivity contribution in [2.45, 2.75) is 39.8 Å². The van der Waals surface area contributed by atoms with Crippen LogP contribution in [0.4, 0.5) is 0 Å². The molecule has 2 unspecified atom stereocenters. The van der Waals surface area contributed by atoms with E-state index in [9.17, 15) is 0 Å². The number of rotatable bonds is 4. The molecule has 2 atom stereocenters. The number of aryl methyl sites for hydroxylation is 2. The van der Waals surface area contributed by atoms with Gasteiger partial charge >= 0.3 is 0 Å². The van der Waals surface area contributed by atoms with Crippen molar-refractivity contribution in [3.63, 3.8) is 0 Å². The van der Waals surface area contributed by atoms with Gasteiger partial charge in [0.25, 0.3) is 0 Å². The molecule has 0 saturated heterocycles. The minimum absolute atomic E-state index is 0.162. The SMILES string of the molecule is Cc1cc(C)c(C)c(OC(c2ccccc2Cl)C(C)N)c1. The molecule has 3 heteroatoms. The van der Waals surface area contributed by atoms with Gasteiger partial charge in [0.1, 0.15) is 11.9 Å². The average molecular weight is 304 g/mol. The van der Waals surface area contributed by atoms with Crippen LogP contribution in [-0.2, 0) is 0 Å². The highest BCUT2D eigenvalue weighted by Crippen LogP contribution is 2.32. The fraction of sp³-hybridized carbons (Fsp3) is 0.333. The molecule has 0 saturated carbocycles. The van der Waals surface area contributed by atoms with Gasteiger partial charge in [0.05, 0.1) is 0 Å². The van der Waals surface area contributed by atoms with E-state index in [1.807, 2.05) is 31.2 Å². The third-order valence-electron chi connectivity index (χ3n) is 3.71. The average Bonchev–Trinajstić information content (AvgIpc) is 2.42. The molecule has 2 aromatic carbocycles. The number of hydrogen-bond donors (Lipinski definition) is 1. The molecule has 0 amide bonds. The molecule has 0 aliphatic carbocycles. The fourth-order valence-corrected chi connectivity index (χ4v) is 2.66. The minimum atomic E-state index is -0.265. The molecule has 0 aliphatic rings. The lowest BCUT2D eigenvalue weighted by atomic mass is 10.0. The van der Waals surface area contributed by atoms with Gasteiger partial charge in [-0.1, -0.05) is 35.9 Å². The third-order valence-corrected chi connectivity index (χ3v) is 4.05. The summed E-state index contributed by atoms with van der Waals surface area (Å²) in [6.45, 7) is 8.15. The number of ether oxygens (including phenoxy) is 1. The Morgan fingerprint density at radius 3 is 2.38 bits per heavy atom. The molecular formula is C18H22ClNO. The lowest BCUT2D eigenvalue weighted by Crippen LogP contribution is -2.29. The van der Waals surface area contributed by atoms with Crippen molar-refractivity contribution >= 4 is 11.6 Å². The highest BCUT2D eigenvalue weighted by Gasteiger charge is 2.21. The standard InChI is InChI=1S/C18H22ClNO/c1-11-9-12(2)13(3)17(10-11)21-18(14(4)20)15-7-5-6-8-16(15)19/h5-10,14,18H,20H2,1-4H3. The molecule has 0 aromatic heterocycles. The van der Waals surface area contributed by atoms with E-state index in [4.69, 9.17) is 22.1 Å². The van der Waals surface area contributed by atoms with E-state index in [2.05, 4.69) is 32.9 Å². The van der Waals surface area contributed by atoms with Crippen molar-refractivity contribution in [1.82, 2.24) is 0 Å². The molecule has 0 radical (unpaired) electrons. The summed E-state index contributed by atoms with van der Waals surface area (Å²) in [5, 5.41) is 0.682. The maximum atomic E-state index is 6.30. The summed E-state index contributed by atoms with van der Waals surface area (Å²) in [4.78, 5) is 0. The largest absolute Gasteiger partial charge is 0.484 e. The van der Waals surface area contributed by atoms with Crippen LogP contribution in [-0.4, -0.2) is 6.04 Å². The molecule has 112 valence electrons. The van der Waals surface area contributed by atoms with E-state index in [0.717, 1.165) is 16.9 Å². The number of halogens is 1. The molecule has 0 aliphatic heterocycles. The molecule has 0 bridgehead atoms. The summed E-state index contributed by atoms with van der Waals surface area (Å²) in [7, 11) is 0. The van der Waals surface area contributed by atoms with Crippen LogP contribution in [0.25, 0.3) is 0 Å². The first kappa shape index (κ1) is 15.9. The Balaban J connectivity index is 2.41. The van der Waals surface area contributed by atoms with Crippen molar-refractivity contribution in [3.05, 3.63) is 63.7 Å². The first-order chi connectivity index (χ1) is 9.90. The Hall–Kier alpha value is -1.51. The molecule has 2 N–H and O–H groups in total. The molecule has 2 nitrogen and oxygen atoms in total. The van der Waals surface area contributed by atoms with Gasteiger partial charge in [-0.25, -0.2) is 0 Å². The Bertz CT molecular complexity index is 637. The van der Waals surface area contributed by atoms with Gasteiger partial charge in [0.2, 0.25) is 0 Å². The fourth-order valence-electron chi connectivity index (χ4n) is 2.42. The Morgan fingerprint density at radius 2 is 1.76 bits per heavy atom. The molecule has 0 fully saturated rings. The summed E-state index contributed by atoms with van der Waals surface area (Å²) < 4.78 is 6.23. The van der Waals surface area contributed by atoms with E-state index in [0.29, 0.717) is 5.02 Å². The molecule has 21 heavy (non-hydrogen) atoms. The summed E-state index contributed by atoms with van der Waals surface area (Å²) in [5.41, 5.74) is 10.6. The van der Waals surface area contributed by atoms with Crippen LogP contribution in [0.3, 0.4) is 0 Å². The van der Waals surface area contributed by atoms with Crippen LogP contribution in [0.15, 0.2) is 36.4 Å². The van der Waals surface area contributed by atoms with Crippen LogP contribution in [0.5, 0.6) is 5.75 Å². The second-order valence-electron chi connectivity index (χ2n) is 5.62. The predicted molar refractivity (Wildman–Crippen MR) is 89.1 cm³/mol. The molecule has 2 rings (SSSR count). The highest BCUT2D eigenvalue weighted by atomic mass is 35.5. The van der Waals surface area contributed by atoms with Gasteiger partial charge in [0.15, 0.2) is 0 Å². The number of nitrogens with two attached hydrogens (primary N) is 1. The lowest BCUT2D eigenvalue weighted by Gasteiger charge is -2.25.